The van der Waals surface area contributed by atoms with Crippen LogP contribution in [0.1, 0.15) is 21.5 Å². The van der Waals surface area contributed by atoms with Crippen molar-refractivity contribution in [2.45, 2.75) is 13.2 Å². The molecule has 0 aliphatic carbocycles. The molecule has 0 aromatic heterocycles. The van der Waals surface area contributed by atoms with Crippen LogP contribution in [0.3, 0.4) is 0 Å². The van der Waals surface area contributed by atoms with E-state index >= 15 is 0 Å². The molecule has 2 aromatic rings. The highest BCUT2D eigenvalue weighted by Gasteiger charge is 2.06. The van der Waals surface area contributed by atoms with E-state index in [0.717, 1.165) is 21.3 Å². The molecule has 0 bridgehead atoms. The molecule has 2 aromatic carbocycles. The zero-order valence-corrected chi connectivity index (χ0v) is 13.2. The lowest BCUT2D eigenvalue weighted by Crippen LogP contribution is -2.04. The van der Waals surface area contributed by atoms with E-state index in [1.165, 1.54) is 7.11 Å². The highest BCUT2D eigenvalue weighted by molar-refractivity contribution is 9.10. The van der Waals surface area contributed by atoms with Gasteiger partial charge in [-0.3, -0.25) is 0 Å². The Morgan fingerprint density at radius 1 is 1.19 bits per heavy atom. The van der Waals surface area contributed by atoms with Crippen LogP contribution >= 0.6 is 15.9 Å². The lowest BCUT2D eigenvalue weighted by Gasteiger charge is -2.11. The van der Waals surface area contributed by atoms with Gasteiger partial charge in [0.05, 0.1) is 12.7 Å². The summed E-state index contributed by atoms with van der Waals surface area (Å²) in [7, 11) is 1.36. The number of benzene rings is 2. The minimum Gasteiger partial charge on any atom is -0.489 e. The summed E-state index contributed by atoms with van der Waals surface area (Å²) in [5, 5.41) is 0. The molecule has 2 rings (SSSR count). The summed E-state index contributed by atoms with van der Waals surface area (Å²) in [4.78, 5) is 11.3. The average molecular weight is 350 g/mol. The van der Waals surface area contributed by atoms with Crippen molar-refractivity contribution >= 4 is 21.9 Å². The van der Waals surface area contributed by atoms with Crippen LogP contribution < -0.4 is 10.5 Å². The van der Waals surface area contributed by atoms with E-state index in [0.29, 0.717) is 18.7 Å². The van der Waals surface area contributed by atoms with Gasteiger partial charge >= 0.3 is 5.97 Å². The van der Waals surface area contributed by atoms with Gasteiger partial charge in [-0.05, 0) is 35.9 Å². The molecule has 0 unspecified atom stereocenters. The molecule has 0 amide bonds. The molecule has 5 heteroatoms. The lowest BCUT2D eigenvalue weighted by atomic mass is 10.1. The number of ether oxygens (including phenoxy) is 2. The molecule has 0 fully saturated rings. The van der Waals surface area contributed by atoms with E-state index < -0.39 is 0 Å². The molecule has 0 heterocycles. The topological polar surface area (TPSA) is 61.5 Å². The summed E-state index contributed by atoms with van der Waals surface area (Å²) in [5.41, 5.74) is 8.13. The zero-order valence-electron chi connectivity index (χ0n) is 11.6. The van der Waals surface area contributed by atoms with Crippen molar-refractivity contribution in [1.82, 2.24) is 0 Å². The molecule has 0 radical (unpaired) electrons. The average Bonchev–Trinajstić information content (AvgIpc) is 2.53. The molecule has 4 nitrogen and oxygen atoms in total. The fourth-order valence-corrected chi connectivity index (χ4v) is 2.27. The number of nitrogens with two attached hydrogens (primary N) is 1. The lowest BCUT2D eigenvalue weighted by molar-refractivity contribution is 0.0600. The monoisotopic (exact) mass is 349 g/mol. The highest BCUT2D eigenvalue weighted by Crippen LogP contribution is 2.23. The summed E-state index contributed by atoms with van der Waals surface area (Å²) >= 11 is 3.41. The molecular weight excluding hydrogens is 334 g/mol. The van der Waals surface area contributed by atoms with Crippen molar-refractivity contribution < 1.29 is 14.3 Å². The molecule has 0 aliphatic heterocycles. The van der Waals surface area contributed by atoms with Crippen LogP contribution in [-0.4, -0.2) is 13.1 Å². The Bertz CT molecular complexity index is 626. The normalized spacial score (nSPS) is 10.2. The second kappa shape index (κ2) is 7.24. The van der Waals surface area contributed by atoms with Crippen LogP contribution in [0.5, 0.6) is 5.75 Å². The first-order valence-corrected chi connectivity index (χ1v) is 7.22. The maximum absolute atomic E-state index is 11.3. The summed E-state index contributed by atoms with van der Waals surface area (Å²) in [6.45, 7) is 0.826. The van der Waals surface area contributed by atoms with E-state index in [2.05, 4.69) is 20.7 Å². The van der Waals surface area contributed by atoms with Crippen molar-refractivity contribution in [2.75, 3.05) is 7.11 Å². The van der Waals surface area contributed by atoms with Crippen LogP contribution in [0.25, 0.3) is 0 Å². The maximum Gasteiger partial charge on any atom is 0.337 e. The quantitative estimate of drug-likeness (QED) is 0.841. The van der Waals surface area contributed by atoms with Gasteiger partial charge < -0.3 is 15.2 Å². The van der Waals surface area contributed by atoms with Crippen LogP contribution in [0.4, 0.5) is 0 Å². The van der Waals surface area contributed by atoms with Crippen LogP contribution in [0, 0.1) is 0 Å². The first-order chi connectivity index (χ1) is 10.1. The first-order valence-electron chi connectivity index (χ1n) is 6.42. The number of carbonyl (C=O) groups is 1. The number of carbonyl (C=O) groups excluding carboxylic acids is 1. The van der Waals surface area contributed by atoms with Crippen LogP contribution in [-0.2, 0) is 17.9 Å². The molecule has 0 saturated heterocycles. The van der Waals surface area contributed by atoms with Gasteiger partial charge in [-0.15, -0.1) is 0 Å². The zero-order chi connectivity index (χ0) is 15.2. The number of hydrogen-bond donors (Lipinski definition) is 1. The summed E-state index contributed by atoms with van der Waals surface area (Å²) in [6, 6.07) is 12.9. The predicted octanol–water partition coefficient (Wildman–Crippen LogP) is 3.27. The fourth-order valence-electron chi connectivity index (χ4n) is 1.86. The summed E-state index contributed by atoms with van der Waals surface area (Å²) in [6.07, 6.45) is 0. The number of hydrogen-bond acceptors (Lipinski definition) is 4. The molecule has 21 heavy (non-hydrogen) atoms. The van der Waals surface area contributed by atoms with E-state index in [-0.39, 0.29) is 5.97 Å². The number of esters is 1. The third kappa shape index (κ3) is 4.06. The molecule has 0 spiro atoms. The molecule has 110 valence electrons. The Balaban J connectivity index is 2.05. The largest absolute Gasteiger partial charge is 0.489 e. The van der Waals surface area contributed by atoms with Crippen molar-refractivity contribution in [3.05, 3.63) is 63.6 Å². The molecule has 2 N–H and O–H groups in total. The number of halogens is 1. The van der Waals surface area contributed by atoms with E-state index in [4.69, 9.17) is 10.5 Å². The second-order valence-corrected chi connectivity index (χ2v) is 5.35. The summed E-state index contributed by atoms with van der Waals surface area (Å²) in [5.74, 6) is 0.415. The molecule has 0 aliphatic rings. The Morgan fingerprint density at radius 3 is 2.52 bits per heavy atom. The van der Waals surface area contributed by atoms with Crippen molar-refractivity contribution in [3.63, 3.8) is 0 Å². The molecular formula is C16H16BrNO3. The minimum atomic E-state index is -0.346. The Morgan fingerprint density at radius 2 is 1.90 bits per heavy atom. The molecule has 0 atom stereocenters. The Labute approximate surface area is 132 Å². The third-order valence-electron chi connectivity index (χ3n) is 3.01. The minimum absolute atomic E-state index is 0.346. The predicted molar refractivity (Wildman–Crippen MR) is 84.1 cm³/mol. The van der Waals surface area contributed by atoms with Gasteiger partial charge in [-0.2, -0.15) is 0 Å². The van der Waals surface area contributed by atoms with Crippen LogP contribution in [0.2, 0.25) is 0 Å². The van der Waals surface area contributed by atoms with Gasteiger partial charge in [-0.1, -0.05) is 28.1 Å². The maximum atomic E-state index is 11.3. The van der Waals surface area contributed by atoms with Crippen molar-refractivity contribution in [2.24, 2.45) is 5.73 Å². The number of rotatable bonds is 5. The van der Waals surface area contributed by atoms with Gasteiger partial charge in [0, 0.05) is 16.6 Å². The fraction of sp³-hybridized carbons (Fsp3) is 0.188. The second-order valence-electron chi connectivity index (χ2n) is 4.43. The first kappa shape index (κ1) is 15.5. The van der Waals surface area contributed by atoms with Crippen molar-refractivity contribution in [3.8, 4) is 5.75 Å². The van der Waals surface area contributed by atoms with Gasteiger partial charge in [0.2, 0.25) is 0 Å². The Kier molecular flexibility index (Phi) is 5.36. The van der Waals surface area contributed by atoms with Gasteiger partial charge in [0.15, 0.2) is 0 Å². The van der Waals surface area contributed by atoms with Crippen LogP contribution in [0.15, 0.2) is 46.9 Å². The van der Waals surface area contributed by atoms with E-state index in [9.17, 15) is 4.79 Å². The smallest absolute Gasteiger partial charge is 0.337 e. The summed E-state index contributed by atoms with van der Waals surface area (Å²) < 4.78 is 11.4. The standard InChI is InChI=1S/C16H16BrNO3/c1-20-16(19)12-4-2-11(3-5-12)10-21-15-7-6-14(17)8-13(15)9-18/h2-8H,9-10,18H2,1H3. The SMILES string of the molecule is COC(=O)c1ccc(COc2ccc(Br)cc2CN)cc1. The van der Waals surface area contributed by atoms with Gasteiger partial charge in [0.25, 0.3) is 0 Å². The van der Waals surface area contributed by atoms with E-state index in [1.807, 2.05) is 30.3 Å². The molecule has 0 saturated carbocycles. The highest BCUT2D eigenvalue weighted by atomic mass is 79.9. The Hall–Kier alpha value is -1.85. The third-order valence-corrected chi connectivity index (χ3v) is 3.51. The van der Waals surface area contributed by atoms with Gasteiger partial charge in [0.1, 0.15) is 12.4 Å². The number of methoxy groups -OCH3 is 1. The van der Waals surface area contributed by atoms with E-state index in [1.54, 1.807) is 12.1 Å². The van der Waals surface area contributed by atoms with Gasteiger partial charge in [-0.25, -0.2) is 4.79 Å². The van der Waals surface area contributed by atoms with Crippen molar-refractivity contribution in [1.29, 1.82) is 0 Å².